The number of carbonyl (C=O) groups excluding carboxylic acids is 1. The number of amides is 1. The molecule has 0 radical (unpaired) electrons. The third-order valence-electron chi connectivity index (χ3n) is 4.60. The number of hydrogen-bond acceptors (Lipinski definition) is 7. The van der Waals surface area contributed by atoms with Crippen LogP contribution in [0.15, 0.2) is 57.5 Å². The van der Waals surface area contributed by atoms with Crippen molar-refractivity contribution in [3.8, 4) is 22.8 Å². The van der Waals surface area contributed by atoms with Gasteiger partial charge in [0.1, 0.15) is 5.03 Å². The molecule has 6 nitrogen and oxygen atoms in total. The fourth-order valence-electron chi connectivity index (χ4n) is 3.01. The summed E-state index contributed by atoms with van der Waals surface area (Å²) >= 11 is 2.79. The zero-order chi connectivity index (χ0) is 21.1. The zero-order valence-electron chi connectivity index (χ0n) is 16.8. The molecular formula is C22H20N4O2S2. The monoisotopic (exact) mass is 436 g/mol. The van der Waals surface area contributed by atoms with Gasteiger partial charge < -0.3 is 4.42 Å². The lowest BCUT2D eigenvalue weighted by atomic mass is 10.1. The van der Waals surface area contributed by atoms with Gasteiger partial charge in [-0.05, 0) is 37.3 Å². The molecule has 4 rings (SSSR count). The fraction of sp³-hybridized carbons (Fsp3) is 0.182. The molecule has 0 spiro atoms. The summed E-state index contributed by atoms with van der Waals surface area (Å²) in [6.45, 7) is 3.92. The number of thioether (sulfide) groups is 1. The van der Waals surface area contributed by atoms with Crippen molar-refractivity contribution in [2.75, 3.05) is 11.6 Å². The summed E-state index contributed by atoms with van der Waals surface area (Å²) in [4.78, 5) is 26.5. The molecule has 3 heterocycles. The maximum Gasteiger partial charge on any atom is 0.262 e. The normalized spacial score (nSPS) is 10.9. The van der Waals surface area contributed by atoms with E-state index in [1.165, 1.54) is 28.7 Å². The molecule has 0 aliphatic heterocycles. The second-order valence-corrected chi connectivity index (χ2v) is 8.19. The molecule has 0 saturated carbocycles. The summed E-state index contributed by atoms with van der Waals surface area (Å²) in [5, 5.41) is 5.97. The minimum Gasteiger partial charge on any atom is -0.461 e. The summed E-state index contributed by atoms with van der Waals surface area (Å²) < 4.78 is 5.39. The first-order valence-corrected chi connectivity index (χ1v) is 11.5. The van der Waals surface area contributed by atoms with E-state index in [4.69, 9.17) is 4.42 Å². The van der Waals surface area contributed by atoms with Crippen LogP contribution in [0.4, 0.5) is 5.13 Å². The van der Waals surface area contributed by atoms with Gasteiger partial charge >= 0.3 is 0 Å². The van der Waals surface area contributed by atoms with Gasteiger partial charge in [0, 0.05) is 10.9 Å². The lowest BCUT2D eigenvalue weighted by Crippen LogP contribution is -2.16. The molecule has 0 atom stereocenters. The largest absolute Gasteiger partial charge is 0.461 e. The number of furan rings is 1. The van der Waals surface area contributed by atoms with Crippen molar-refractivity contribution < 1.29 is 9.21 Å². The molecule has 1 N–H and O–H groups in total. The van der Waals surface area contributed by atoms with E-state index in [-0.39, 0.29) is 5.91 Å². The number of nitrogens with one attached hydrogen (secondary N) is 1. The number of thiazole rings is 1. The van der Waals surface area contributed by atoms with E-state index in [9.17, 15) is 4.79 Å². The molecule has 0 aliphatic carbocycles. The number of rotatable bonds is 6. The Morgan fingerprint density at radius 1 is 1.17 bits per heavy atom. The Balaban J connectivity index is 1.57. The summed E-state index contributed by atoms with van der Waals surface area (Å²) in [6, 6.07) is 11.9. The van der Waals surface area contributed by atoms with Crippen LogP contribution >= 0.6 is 23.1 Å². The molecule has 30 heavy (non-hydrogen) atoms. The summed E-state index contributed by atoms with van der Waals surface area (Å²) in [5.41, 5.74) is 4.17. The van der Waals surface area contributed by atoms with Gasteiger partial charge in [0.25, 0.3) is 5.91 Å². The third kappa shape index (κ3) is 4.15. The van der Waals surface area contributed by atoms with Crippen LogP contribution in [0, 0.1) is 6.92 Å². The molecule has 4 aromatic rings. The van der Waals surface area contributed by atoms with Crippen LogP contribution in [0.3, 0.4) is 0 Å². The molecule has 0 unspecified atom stereocenters. The smallest absolute Gasteiger partial charge is 0.262 e. The van der Waals surface area contributed by atoms with Gasteiger partial charge in [-0.25, -0.2) is 15.0 Å². The van der Waals surface area contributed by atoms with Gasteiger partial charge in [-0.15, -0.1) is 23.1 Å². The molecule has 0 aliphatic rings. The van der Waals surface area contributed by atoms with E-state index in [0.29, 0.717) is 33.0 Å². The van der Waals surface area contributed by atoms with Crippen LogP contribution in [-0.4, -0.2) is 27.1 Å². The number of aryl methyl sites for hydroxylation is 2. The Hall–Kier alpha value is -2.97. The Labute approximate surface area is 182 Å². The quantitative estimate of drug-likeness (QED) is 0.308. The molecule has 1 amide bonds. The van der Waals surface area contributed by atoms with Gasteiger partial charge in [0.05, 0.1) is 23.2 Å². The predicted molar refractivity (Wildman–Crippen MR) is 121 cm³/mol. The highest BCUT2D eigenvalue weighted by molar-refractivity contribution is 7.98. The maximum atomic E-state index is 13.0. The highest BCUT2D eigenvalue weighted by Gasteiger charge is 2.21. The number of nitrogens with zero attached hydrogens (tertiary/aromatic N) is 3. The Morgan fingerprint density at radius 2 is 1.97 bits per heavy atom. The van der Waals surface area contributed by atoms with E-state index in [2.05, 4.69) is 51.5 Å². The van der Waals surface area contributed by atoms with Crippen LogP contribution in [0.1, 0.15) is 28.5 Å². The van der Waals surface area contributed by atoms with Crippen molar-refractivity contribution in [1.82, 2.24) is 15.0 Å². The van der Waals surface area contributed by atoms with Crippen molar-refractivity contribution in [2.45, 2.75) is 25.3 Å². The van der Waals surface area contributed by atoms with Crippen molar-refractivity contribution in [2.24, 2.45) is 0 Å². The molecule has 3 aromatic heterocycles. The molecule has 152 valence electrons. The van der Waals surface area contributed by atoms with E-state index < -0.39 is 0 Å². The Morgan fingerprint density at radius 3 is 2.63 bits per heavy atom. The van der Waals surface area contributed by atoms with Gasteiger partial charge in [-0.1, -0.05) is 31.2 Å². The average molecular weight is 437 g/mol. The fourth-order valence-corrected chi connectivity index (χ4v) is 4.34. The average Bonchev–Trinajstić information content (AvgIpc) is 3.45. The number of anilines is 1. The first kappa shape index (κ1) is 20.3. The standard InChI is InChI=1S/C22H20N4O2S2/c1-4-14-7-9-15(10-8-14)16-12-30-22(24-16)26-20(27)18-13(2)23-19(25-21(18)29-3)17-6-5-11-28-17/h5-12H,4H2,1-3H3,(H,24,26,27). The lowest BCUT2D eigenvalue weighted by Gasteiger charge is -2.10. The van der Waals surface area contributed by atoms with E-state index >= 15 is 0 Å². The highest BCUT2D eigenvalue weighted by atomic mass is 32.2. The minimum absolute atomic E-state index is 0.273. The summed E-state index contributed by atoms with van der Waals surface area (Å²) in [5.74, 6) is 0.759. The Bertz CT molecular complexity index is 1170. The topological polar surface area (TPSA) is 80.9 Å². The van der Waals surface area contributed by atoms with Crippen LogP contribution in [0.25, 0.3) is 22.8 Å². The number of hydrogen-bond donors (Lipinski definition) is 1. The molecule has 8 heteroatoms. The van der Waals surface area contributed by atoms with Gasteiger partial charge in [-0.3, -0.25) is 10.1 Å². The van der Waals surface area contributed by atoms with E-state index in [1.807, 2.05) is 11.6 Å². The van der Waals surface area contributed by atoms with E-state index in [0.717, 1.165) is 17.7 Å². The van der Waals surface area contributed by atoms with Crippen LogP contribution in [0.2, 0.25) is 0 Å². The van der Waals surface area contributed by atoms with Gasteiger partial charge in [-0.2, -0.15) is 0 Å². The minimum atomic E-state index is -0.273. The molecule has 0 fully saturated rings. The second-order valence-electron chi connectivity index (χ2n) is 6.54. The first-order valence-electron chi connectivity index (χ1n) is 9.41. The molecule has 0 saturated heterocycles. The van der Waals surface area contributed by atoms with Crippen LogP contribution < -0.4 is 5.32 Å². The van der Waals surface area contributed by atoms with E-state index in [1.54, 1.807) is 25.3 Å². The SMILES string of the molecule is CCc1ccc(-c2csc(NC(=O)c3c(C)nc(-c4ccco4)nc3SC)n2)cc1. The van der Waals surface area contributed by atoms with Crippen molar-refractivity contribution in [3.05, 3.63) is 64.9 Å². The van der Waals surface area contributed by atoms with Crippen molar-refractivity contribution in [3.63, 3.8) is 0 Å². The number of aromatic nitrogens is 3. The zero-order valence-corrected chi connectivity index (χ0v) is 18.4. The van der Waals surface area contributed by atoms with Crippen LogP contribution in [0.5, 0.6) is 0 Å². The van der Waals surface area contributed by atoms with Crippen molar-refractivity contribution >= 4 is 34.1 Å². The van der Waals surface area contributed by atoms with Gasteiger partial charge in [0.15, 0.2) is 16.7 Å². The summed E-state index contributed by atoms with van der Waals surface area (Å²) in [6.07, 6.45) is 4.45. The number of carbonyl (C=O) groups is 1. The first-order chi connectivity index (χ1) is 14.6. The maximum absolute atomic E-state index is 13.0. The second kappa shape index (κ2) is 8.81. The van der Waals surface area contributed by atoms with Crippen LogP contribution in [-0.2, 0) is 6.42 Å². The van der Waals surface area contributed by atoms with Crippen molar-refractivity contribution in [1.29, 1.82) is 0 Å². The highest BCUT2D eigenvalue weighted by Crippen LogP contribution is 2.28. The predicted octanol–water partition coefficient (Wildman–Crippen LogP) is 5.71. The number of benzene rings is 1. The Kier molecular flexibility index (Phi) is 5.96. The summed E-state index contributed by atoms with van der Waals surface area (Å²) in [7, 11) is 0. The molecule has 1 aromatic carbocycles. The lowest BCUT2D eigenvalue weighted by molar-refractivity contribution is 0.102. The molecule has 0 bridgehead atoms. The molecular weight excluding hydrogens is 416 g/mol. The third-order valence-corrected chi connectivity index (χ3v) is 6.04. The van der Waals surface area contributed by atoms with Gasteiger partial charge in [0.2, 0.25) is 0 Å².